The van der Waals surface area contributed by atoms with Gasteiger partial charge in [0.05, 0.1) is 11.6 Å². The number of aromatic nitrogens is 1. The molecule has 21 heavy (non-hydrogen) atoms. The molecule has 0 aliphatic rings. The topological polar surface area (TPSA) is 36.7 Å². The summed E-state index contributed by atoms with van der Waals surface area (Å²) in [7, 11) is 0. The fourth-order valence-corrected chi connectivity index (χ4v) is 1.55. The Labute approximate surface area is 119 Å². The predicted octanol–water partition coefficient (Wildman–Crippen LogP) is 4.80. The first-order valence-electron chi connectivity index (χ1n) is 6.14. The average Bonchev–Trinajstić information content (AvgIpc) is 2.48. The molecule has 0 unspecified atom stereocenters. The van der Waals surface area contributed by atoms with E-state index < -0.39 is 17.7 Å². The van der Waals surface area contributed by atoms with Gasteiger partial charge in [-0.3, -0.25) is 4.98 Å². The number of benzene rings is 1. The first-order chi connectivity index (χ1) is 9.90. The predicted molar refractivity (Wildman–Crippen MR) is 70.7 cm³/mol. The van der Waals surface area contributed by atoms with E-state index in [1.54, 1.807) is 6.07 Å². The SMILES string of the molecule is CC.N#Cc1cc(F)cc(-c2ccc(C(F)(F)F)nc2)c1. The number of hydrogen-bond acceptors (Lipinski definition) is 2. The van der Waals surface area contributed by atoms with E-state index in [9.17, 15) is 17.6 Å². The van der Waals surface area contributed by atoms with Crippen LogP contribution in [0.3, 0.4) is 0 Å². The summed E-state index contributed by atoms with van der Waals surface area (Å²) in [5, 5.41) is 8.70. The lowest BCUT2D eigenvalue weighted by Gasteiger charge is -2.07. The second-order valence-corrected chi connectivity index (χ2v) is 3.77. The van der Waals surface area contributed by atoms with Gasteiger partial charge in [-0.1, -0.05) is 19.9 Å². The minimum Gasteiger partial charge on any atom is -0.251 e. The zero-order valence-electron chi connectivity index (χ0n) is 11.4. The summed E-state index contributed by atoms with van der Waals surface area (Å²) in [5.41, 5.74) is -0.315. The molecule has 0 N–H and O–H groups in total. The molecule has 0 spiro atoms. The van der Waals surface area contributed by atoms with Crippen LogP contribution in [0.4, 0.5) is 17.6 Å². The fourth-order valence-electron chi connectivity index (χ4n) is 1.55. The van der Waals surface area contributed by atoms with Crippen LogP contribution < -0.4 is 0 Å². The fraction of sp³-hybridized carbons (Fsp3) is 0.200. The van der Waals surface area contributed by atoms with E-state index in [1.807, 2.05) is 13.8 Å². The van der Waals surface area contributed by atoms with E-state index in [1.165, 1.54) is 12.1 Å². The Morgan fingerprint density at radius 3 is 2.19 bits per heavy atom. The van der Waals surface area contributed by atoms with Crippen molar-refractivity contribution in [1.82, 2.24) is 4.98 Å². The maximum absolute atomic E-state index is 13.2. The summed E-state index contributed by atoms with van der Waals surface area (Å²) >= 11 is 0. The standard InChI is InChI=1S/C13H6F4N2.C2H6/c14-11-4-8(6-18)3-10(5-11)9-1-2-12(19-7-9)13(15,16)17;1-2/h1-5,7H;1-2H3. The minimum atomic E-state index is -4.52. The number of rotatable bonds is 1. The third-order valence-corrected chi connectivity index (χ3v) is 2.41. The number of hydrogen-bond donors (Lipinski definition) is 0. The molecule has 110 valence electrons. The molecule has 2 nitrogen and oxygen atoms in total. The quantitative estimate of drug-likeness (QED) is 0.708. The highest BCUT2D eigenvalue weighted by Crippen LogP contribution is 2.29. The van der Waals surface area contributed by atoms with E-state index in [-0.39, 0.29) is 5.56 Å². The van der Waals surface area contributed by atoms with Crippen LogP contribution in [0, 0.1) is 17.1 Å². The van der Waals surface area contributed by atoms with Crippen LogP contribution in [0.25, 0.3) is 11.1 Å². The van der Waals surface area contributed by atoms with Crippen molar-refractivity contribution >= 4 is 0 Å². The van der Waals surface area contributed by atoms with Gasteiger partial charge in [0, 0.05) is 11.8 Å². The van der Waals surface area contributed by atoms with Crippen LogP contribution in [0.1, 0.15) is 25.1 Å². The Morgan fingerprint density at radius 1 is 1.05 bits per heavy atom. The molecule has 1 heterocycles. The highest BCUT2D eigenvalue weighted by molar-refractivity contribution is 5.64. The smallest absolute Gasteiger partial charge is 0.251 e. The summed E-state index contributed by atoms with van der Waals surface area (Å²) in [5.74, 6) is -0.631. The Morgan fingerprint density at radius 2 is 1.71 bits per heavy atom. The zero-order valence-corrected chi connectivity index (χ0v) is 11.4. The summed E-state index contributed by atoms with van der Waals surface area (Å²) in [6.07, 6.45) is -3.52. The number of halogens is 4. The van der Waals surface area contributed by atoms with Crippen LogP contribution in [0.15, 0.2) is 36.5 Å². The normalized spacial score (nSPS) is 10.3. The first-order valence-corrected chi connectivity index (χ1v) is 6.14. The van der Waals surface area contributed by atoms with Crippen LogP contribution in [0.2, 0.25) is 0 Å². The van der Waals surface area contributed by atoms with Crippen LogP contribution in [0.5, 0.6) is 0 Å². The van der Waals surface area contributed by atoms with Gasteiger partial charge in [0.25, 0.3) is 0 Å². The van der Waals surface area contributed by atoms with Gasteiger partial charge in [-0.25, -0.2) is 4.39 Å². The molecule has 0 amide bonds. The van der Waals surface area contributed by atoms with Gasteiger partial charge < -0.3 is 0 Å². The molecule has 0 atom stereocenters. The highest BCUT2D eigenvalue weighted by atomic mass is 19.4. The lowest BCUT2D eigenvalue weighted by molar-refractivity contribution is -0.141. The molecule has 0 saturated heterocycles. The van der Waals surface area contributed by atoms with Crippen molar-refractivity contribution in [2.24, 2.45) is 0 Å². The van der Waals surface area contributed by atoms with Gasteiger partial charge >= 0.3 is 6.18 Å². The molecule has 2 aromatic rings. The van der Waals surface area contributed by atoms with E-state index in [2.05, 4.69) is 4.98 Å². The minimum absolute atomic E-state index is 0.0925. The second kappa shape index (κ2) is 6.84. The molecular weight excluding hydrogens is 284 g/mol. The van der Waals surface area contributed by atoms with E-state index in [0.29, 0.717) is 11.1 Å². The van der Waals surface area contributed by atoms with E-state index in [4.69, 9.17) is 5.26 Å². The molecule has 0 saturated carbocycles. The molecule has 0 aliphatic carbocycles. The number of nitriles is 1. The third kappa shape index (κ3) is 4.28. The van der Waals surface area contributed by atoms with Gasteiger partial charge in [0.15, 0.2) is 0 Å². The first kappa shape index (κ1) is 16.6. The van der Waals surface area contributed by atoms with Crippen LogP contribution in [-0.4, -0.2) is 4.98 Å². The van der Waals surface area contributed by atoms with Gasteiger partial charge in [0.2, 0.25) is 0 Å². The summed E-state index contributed by atoms with van der Waals surface area (Å²) in [4.78, 5) is 3.28. The van der Waals surface area contributed by atoms with Gasteiger partial charge in [0.1, 0.15) is 11.5 Å². The largest absolute Gasteiger partial charge is 0.433 e. The Hall–Kier alpha value is -2.42. The van der Waals surface area contributed by atoms with Crippen LogP contribution in [-0.2, 0) is 6.18 Å². The van der Waals surface area contributed by atoms with Crippen molar-refractivity contribution in [3.8, 4) is 17.2 Å². The molecule has 0 fully saturated rings. The lowest BCUT2D eigenvalue weighted by atomic mass is 10.0. The Balaban J connectivity index is 0.00000106. The van der Waals surface area contributed by atoms with Crippen molar-refractivity contribution in [1.29, 1.82) is 5.26 Å². The summed E-state index contributed by atoms with van der Waals surface area (Å²) in [6.45, 7) is 4.00. The van der Waals surface area contributed by atoms with Gasteiger partial charge in [-0.2, -0.15) is 18.4 Å². The van der Waals surface area contributed by atoms with Crippen molar-refractivity contribution in [2.45, 2.75) is 20.0 Å². The van der Waals surface area contributed by atoms with Crippen molar-refractivity contribution in [3.63, 3.8) is 0 Å². The zero-order chi connectivity index (χ0) is 16.0. The van der Waals surface area contributed by atoms with Crippen molar-refractivity contribution in [3.05, 3.63) is 53.6 Å². The molecule has 0 radical (unpaired) electrons. The van der Waals surface area contributed by atoms with Crippen LogP contribution >= 0.6 is 0 Å². The number of nitrogens with zero attached hydrogens (tertiary/aromatic N) is 2. The van der Waals surface area contributed by atoms with Gasteiger partial charge in [-0.05, 0) is 29.8 Å². The maximum Gasteiger partial charge on any atom is 0.433 e. The van der Waals surface area contributed by atoms with Crippen molar-refractivity contribution < 1.29 is 17.6 Å². The third-order valence-electron chi connectivity index (χ3n) is 2.41. The monoisotopic (exact) mass is 296 g/mol. The Bertz CT molecular complexity index is 640. The second-order valence-electron chi connectivity index (χ2n) is 3.77. The molecule has 2 rings (SSSR count). The number of alkyl halides is 3. The summed E-state index contributed by atoms with van der Waals surface area (Å²) < 4.78 is 50.2. The van der Waals surface area contributed by atoms with E-state index in [0.717, 1.165) is 24.4 Å². The van der Waals surface area contributed by atoms with Crippen molar-refractivity contribution in [2.75, 3.05) is 0 Å². The molecule has 0 bridgehead atoms. The summed E-state index contributed by atoms with van der Waals surface area (Å²) in [6, 6.07) is 7.33. The number of pyridine rings is 1. The maximum atomic E-state index is 13.2. The molecule has 6 heteroatoms. The molecular formula is C15H12F4N2. The lowest BCUT2D eigenvalue weighted by Crippen LogP contribution is -2.07. The molecule has 1 aromatic heterocycles. The van der Waals surface area contributed by atoms with E-state index >= 15 is 0 Å². The highest BCUT2D eigenvalue weighted by Gasteiger charge is 2.32. The Kier molecular flexibility index (Phi) is 5.42. The average molecular weight is 296 g/mol. The molecule has 1 aromatic carbocycles. The van der Waals surface area contributed by atoms with Gasteiger partial charge in [-0.15, -0.1) is 0 Å². The molecule has 0 aliphatic heterocycles.